The lowest BCUT2D eigenvalue weighted by atomic mass is 9.85. The summed E-state index contributed by atoms with van der Waals surface area (Å²) in [5.74, 6) is 0. The van der Waals surface area contributed by atoms with E-state index < -0.39 is 0 Å². The van der Waals surface area contributed by atoms with Gasteiger partial charge < -0.3 is 5.32 Å². The van der Waals surface area contributed by atoms with Crippen molar-refractivity contribution < 1.29 is 0 Å². The smallest absolute Gasteiger partial charge is 0.0323 e. The Morgan fingerprint density at radius 1 is 1.25 bits per heavy atom. The second-order valence-corrected chi connectivity index (χ2v) is 5.03. The van der Waals surface area contributed by atoms with Gasteiger partial charge in [0.25, 0.3) is 0 Å². The van der Waals surface area contributed by atoms with Crippen molar-refractivity contribution in [3.63, 3.8) is 0 Å². The van der Waals surface area contributed by atoms with Gasteiger partial charge in [0.2, 0.25) is 0 Å². The van der Waals surface area contributed by atoms with E-state index in [1.54, 1.807) is 11.1 Å². The third-order valence-electron chi connectivity index (χ3n) is 3.71. The van der Waals surface area contributed by atoms with Crippen molar-refractivity contribution in [2.45, 2.75) is 52.5 Å². The average Bonchev–Trinajstić information content (AvgIpc) is 2.28. The SMILES string of the molecule is CCCNC1CCCc2cc(C)c(C)cc21. The molecule has 1 N–H and O–H groups in total. The van der Waals surface area contributed by atoms with Crippen molar-refractivity contribution in [3.8, 4) is 0 Å². The predicted octanol–water partition coefficient (Wildman–Crippen LogP) is 3.68. The number of benzene rings is 1. The highest BCUT2D eigenvalue weighted by molar-refractivity contribution is 5.40. The van der Waals surface area contributed by atoms with Gasteiger partial charge in [-0.2, -0.15) is 0 Å². The van der Waals surface area contributed by atoms with Gasteiger partial charge >= 0.3 is 0 Å². The van der Waals surface area contributed by atoms with Crippen molar-refractivity contribution >= 4 is 0 Å². The van der Waals surface area contributed by atoms with Gasteiger partial charge in [0.1, 0.15) is 0 Å². The van der Waals surface area contributed by atoms with Crippen molar-refractivity contribution in [3.05, 3.63) is 34.4 Å². The molecule has 0 bridgehead atoms. The quantitative estimate of drug-likeness (QED) is 0.814. The predicted molar refractivity (Wildman–Crippen MR) is 69.9 cm³/mol. The topological polar surface area (TPSA) is 12.0 Å². The van der Waals surface area contributed by atoms with Crippen LogP contribution in [0.2, 0.25) is 0 Å². The number of fused-ring (bicyclic) bond motifs is 1. The van der Waals surface area contributed by atoms with Gasteiger partial charge in [-0.3, -0.25) is 0 Å². The fourth-order valence-corrected chi connectivity index (χ4v) is 2.62. The molecule has 0 fully saturated rings. The lowest BCUT2D eigenvalue weighted by Crippen LogP contribution is -2.26. The zero-order valence-electron chi connectivity index (χ0n) is 10.8. The summed E-state index contributed by atoms with van der Waals surface area (Å²) in [6, 6.07) is 5.39. The van der Waals surface area contributed by atoms with Gasteiger partial charge in [0.15, 0.2) is 0 Å². The maximum atomic E-state index is 3.67. The van der Waals surface area contributed by atoms with Crippen LogP contribution in [0.25, 0.3) is 0 Å². The van der Waals surface area contributed by atoms with Crippen LogP contribution < -0.4 is 5.32 Å². The van der Waals surface area contributed by atoms with Crippen LogP contribution in [0.1, 0.15) is 54.5 Å². The van der Waals surface area contributed by atoms with Crippen LogP contribution in [-0.4, -0.2) is 6.54 Å². The molecule has 1 aromatic carbocycles. The molecule has 0 amide bonds. The summed E-state index contributed by atoms with van der Waals surface area (Å²) in [7, 11) is 0. The number of rotatable bonds is 3. The first-order chi connectivity index (χ1) is 7.72. The molecule has 1 aliphatic rings. The molecule has 1 unspecified atom stereocenters. The summed E-state index contributed by atoms with van der Waals surface area (Å²) >= 11 is 0. The third-order valence-corrected chi connectivity index (χ3v) is 3.71. The molecule has 1 heteroatoms. The number of aryl methyl sites for hydroxylation is 3. The lowest BCUT2D eigenvalue weighted by Gasteiger charge is -2.27. The van der Waals surface area contributed by atoms with Crippen molar-refractivity contribution in [1.82, 2.24) is 5.32 Å². The fraction of sp³-hybridized carbons (Fsp3) is 0.600. The first-order valence-corrected chi connectivity index (χ1v) is 6.55. The molecule has 0 aliphatic heterocycles. The van der Waals surface area contributed by atoms with Crippen LogP contribution >= 0.6 is 0 Å². The van der Waals surface area contributed by atoms with Gasteiger partial charge in [-0.05, 0) is 68.3 Å². The Morgan fingerprint density at radius 3 is 2.75 bits per heavy atom. The van der Waals surface area contributed by atoms with Gasteiger partial charge in [-0.25, -0.2) is 0 Å². The summed E-state index contributed by atoms with van der Waals surface area (Å²) in [5, 5.41) is 3.67. The standard InChI is InChI=1S/C15H23N/c1-4-8-16-15-7-5-6-13-9-11(2)12(3)10-14(13)15/h9-10,15-16H,4-8H2,1-3H3. The second-order valence-electron chi connectivity index (χ2n) is 5.03. The fourth-order valence-electron chi connectivity index (χ4n) is 2.62. The molecular weight excluding hydrogens is 194 g/mol. The van der Waals surface area contributed by atoms with Gasteiger partial charge in [-0.1, -0.05) is 19.1 Å². The number of hydrogen-bond donors (Lipinski definition) is 1. The summed E-state index contributed by atoms with van der Waals surface area (Å²) in [6.45, 7) is 7.81. The van der Waals surface area contributed by atoms with E-state index >= 15 is 0 Å². The summed E-state index contributed by atoms with van der Waals surface area (Å²) in [6.07, 6.45) is 5.11. The zero-order chi connectivity index (χ0) is 11.5. The van der Waals surface area contributed by atoms with Gasteiger partial charge in [0.05, 0.1) is 0 Å². The first-order valence-electron chi connectivity index (χ1n) is 6.55. The molecule has 1 nitrogen and oxygen atoms in total. The number of hydrogen-bond acceptors (Lipinski definition) is 1. The van der Waals surface area contributed by atoms with Crippen LogP contribution in [0.15, 0.2) is 12.1 Å². The highest BCUT2D eigenvalue weighted by Crippen LogP contribution is 2.31. The van der Waals surface area contributed by atoms with E-state index in [0.29, 0.717) is 6.04 Å². The highest BCUT2D eigenvalue weighted by atomic mass is 14.9. The zero-order valence-corrected chi connectivity index (χ0v) is 10.8. The molecule has 0 saturated heterocycles. The highest BCUT2D eigenvalue weighted by Gasteiger charge is 2.19. The Morgan fingerprint density at radius 2 is 2.00 bits per heavy atom. The molecule has 0 radical (unpaired) electrons. The van der Waals surface area contributed by atoms with Crippen LogP contribution in [0.4, 0.5) is 0 Å². The number of nitrogens with one attached hydrogen (secondary N) is 1. The molecule has 88 valence electrons. The Kier molecular flexibility index (Phi) is 3.65. The molecule has 0 spiro atoms. The van der Waals surface area contributed by atoms with E-state index in [1.807, 2.05) is 0 Å². The molecule has 2 rings (SSSR count). The van der Waals surface area contributed by atoms with Crippen LogP contribution in [0, 0.1) is 13.8 Å². The maximum absolute atomic E-state index is 3.67. The minimum Gasteiger partial charge on any atom is -0.310 e. The van der Waals surface area contributed by atoms with Crippen molar-refractivity contribution in [2.24, 2.45) is 0 Å². The first kappa shape index (κ1) is 11.7. The van der Waals surface area contributed by atoms with E-state index in [-0.39, 0.29) is 0 Å². The van der Waals surface area contributed by atoms with Crippen LogP contribution in [0.5, 0.6) is 0 Å². The molecular formula is C15H23N. The van der Waals surface area contributed by atoms with E-state index in [4.69, 9.17) is 0 Å². The minimum atomic E-state index is 0.600. The van der Waals surface area contributed by atoms with Gasteiger partial charge in [0, 0.05) is 6.04 Å². The summed E-state index contributed by atoms with van der Waals surface area (Å²) < 4.78 is 0. The van der Waals surface area contributed by atoms with Crippen molar-refractivity contribution in [1.29, 1.82) is 0 Å². The van der Waals surface area contributed by atoms with E-state index in [1.165, 1.54) is 36.8 Å². The average molecular weight is 217 g/mol. The molecule has 16 heavy (non-hydrogen) atoms. The molecule has 0 aromatic heterocycles. The minimum absolute atomic E-state index is 0.600. The second kappa shape index (κ2) is 5.01. The molecule has 0 saturated carbocycles. The normalized spacial score (nSPS) is 19.6. The van der Waals surface area contributed by atoms with E-state index in [0.717, 1.165) is 6.54 Å². The maximum Gasteiger partial charge on any atom is 0.0323 e. The molecule has 1 atom stereocenters. The Balaban J connectivity index is 2.27. The largest absolute Gasteiger partial charge is 0.310 e. The Bertz CT molecular complexity index is 368. The molecule has 0 heterocycles. The summed E-state index contributed by atoms with van der Waals surface area (Å²) in [5.41, 5.74) is 6.00. The van der Waals surface area contributed by atoms with Crippen LogP contribution in [0.3, 0.4) is 0 Å². The third kappa shape index (κ3) is 2.30. The monoisotopic (exact) mass is 217 g/mol. The van der Waals surface area contributed by atoms with Gasteiger partial charge in [-0.15, -0.1) is 0 Å². The van der Waals surface area contributed by atoms with E-state index in [9.17, 15) is 0 Å². The van der Waals surface area contributed by atoms with E-state index in [2.05, 4.69) is 38.2 Å². The molecule has 1 aliphatic carbocycles. The Labute approximate surface area is 99.3 Å². The van der Waals surface area contributed by atoms with Crippen LogP contribution in [-0.2, 0) is 6.42 Å². The molecule has 1 aromatic rings. The Hall–Kier alpha value is -0.820. The summed E-state index contributed by atoms with van der Waals surface area (Å²) in [4.78, 5) is 0. The lowest BCUT2D eigenvalue weighted by molar-refractivity contribution is 0.460. The van der Waals surface area contributed by atoms with Crippen molar-refractivity contribution in [2.75, 3.05) is 6.54 Å².